The van der Waals surface area contributed by atoms with Crippen LogP contribution in [-0.2, 0) is 16.0 Å². The van der Waals surface area contributed by atoms with E-state index in [1.54, 1.807) is 12.1 Å². The van der Waals surface area contributed by atoms with Crippen molar-refractivity contribution >= 4 is 11.9 Å². The van der Waals surface area contributed by atoms with Crippen LogP contribution in [0.2, 0.25) is 0 Å². The molecule has 0 spiro atoms. The van der Waals surface area contributed by atoms with Crippen LogP contribution in [0.4, 0.5) is 0 Å². The predicted molar refractivity (Wildman–Crippen MR) is 127 cm³/mol. The number of benzene rings is 2. The molecule has 1 N–H and O–H groups in total. The van der Waals surface area contributed by atoms with Crippen molar-refractivity contribution in [1.82, 2.24) is 15.1 Å². The second kappa shape index (κ2) is 10.8. The molecule has 1 heterocycles. The summed E-state index contributed by atoms with van der Waals surface area (Å²) < 4.78 is 12.0. The van der Waals surface area contributed by atoms with E-state index in [9.17, 15) is 9.59 Å². The zero-order chi connectivity index (χ0) is 24.0. The summed E-state index contributed by atoms with van der Waals surface area (Å²) >= 11 is 0. The second-order valence-corrected chi connectivity index (χ2v) is 7.88. The summed E-state index contributed by atoms with van der Waals surface area (Å²) in [7, 11) is 1.39. The molecule has 1 amide bonds. The molecule has 0 saturated carbocycles. The predicted octanol–water partition coefficient (Wildman–Crippen LogP) is 4.48. The van der Waals surface area contributed by atoms with Gasteiger partial charge in [-0.05, 0) is 81.6 Å². The number of hydrogen-bond acceptors (Lipinski definition) is 5. The van der Waals surface area contributed by atoms with Crippen molar-refractivity contribution in [3.8, 4) is 11.4 Å². The lowest BCUT2D eigenvalue weighted by Gasteiger charge is -2.15. The fraction of sp³-hybridized carbons (Fsp3) is 0.346. The van der Waals surface area contributed by atoms with Crippen molar-refractivity contribution in [1.29, 1.82) is 0 Å². The van der Waals surface area contributed by atoms with Gasteiger partial charge in [0.2, 0.25) is 0 Å². The summed E-state index contributed by atoms with van der Waals surface area (Å²) in [4.78, 5) is 24.2. The number of esters is 1. The maximum absolute atomic E-state index is 12.7. The number of methoxy groups -OCH3 is 1. The number of aryl methyl sites for hydroxylation is 1. The molecule has 1 unspecified atom stereocenters. The third-order valence-electron chi connectivity index (χ3n) is 5.66. The molecule has 0 aliphatic rings. The molecule has 3 aromatic rings. The van der Waals surface area contributed by atoms with E-state index >= 15 is 0 Å². The Hall–Kier alpha value is -3.61. The molecule has 1 aromatic heterocycles. The molecule has 33 heavy (non-hydrogen) atoms. The number of aromatic nitrogens is 2. The third-order valence-corrected chi connectivity index (χ3v) is 5.66. The Morgan fingerprint density at radius 1 is 1.06 bits per heavy atom. The van der Waals surface area contributed by atoms with Gasteiger partial charge in [-0.3, -0.25) is 9.59 Å². The Kier molecular flexibility index (Phi) is 7.87. The molecule has 0 aliphatic carbocycles. The highest BCUT2D eigenvalue weighted by molar-refractivity contribution is 5.94. The third kappa shape index (κ3) is 5.80. The topological polar surface area (TPSA) is 82.5 Å². The fourth-order valence-electron chi connectivity index (χ4n) is 3.75. The monoisotopic (exact) mass is 449 g/mol. The number of carbonyl (C=O) groups is 2. The Bertz CT molecular complexity index is 1100. The lowest BCUT2D eigenvalue weighted by atomic mass is 10.1. The summed E-state index contributed by atoms with van der Waals surface area (Å²) in [5.74, 6) is 0.430. The SMILES string of the molecule is CCOc1ccc(C(C)NC(=O)c2ccc(-n3nc(C)c(CCC(=O)OC)c3C)cc2)cc1. The normalized spacial score (nSPS) is 11.7. The van der Waals surface area contributed by atoms with Gasteiger partial charge in [0.05, 0.1) is 31.1 Å². The first-order chi connectivity index (χ1) is 15.8. The smallest absolute Gasteiger partial charge is 0.305 e. The minimum atomic E-state index is -0.239. The van der Waals surface area contributed by atoms with E-state index < -0.39 is 0 Å². The van der Waals surface area contributed by atoms with Gasteiger partial charge in [0.15, 0.2) is 0 Å². The highest BCUT2D eigenvalue weighted by atomic mass is 16.5. The molecule has 2 aromatic carbocycles. The van der Waals surface area contributed by atoms with Gasteiger partial charge in [0.1, 0.15) is 5.75 Å². The first-order valence-electron chi connectivity index (χ1n) is 11.1. The zero-order valence-corrected chi connectivity index (χ0v) is 19.8. The molecule has 3 rings (SSSR count). The molecular formula is C26H31N3O4. The van der Waals surface area contributed by atoms with Gasteiger partial charge in [0.25, 0.3) is 5.91 Å². The first kappa shape index (κ1) is 24.0. The number of nitrogens with one attached hydrogen (secondary N) is 1. The number of ether oxygens (including phenoxy) is 2. The largest absolute Gasteiger partial charge is 0.494 e. The molecule has 1 atom stereocenters. The molecule has 174 valence electrons. The van der Waals surface area contributed by atoms with Gasteiger partial charge < -0.3 is 14.8 Å². The Labute approximate surface area is 194 Å². The number of hydrogen-bond donors (Lipinski definition) is 1. The van der Waals surface area contributed by atoms with Crippen LogP contribution >= 0.6 is 0 Å². The van der Waals surface area contributed by atoms with Crippen molar-refractivity contribution in [2.45, 2.75) is 46.6 Å². The highest BCUT2D eigenvalue weighted by Gasteiger charge is 2.16. The fourth-order valence-corrected chi connectivity index (χ4v) is 3.75. The molecule has 0 bridgehead atoms. The molecule has 0 saturated heterocycles. The van der Waals surface area contributed by atoms with Gasteiger partial charge in [-0.25, -0.2) is 4.68 Å². The van der Waals surface area contributed by atoms with Gasteiger partial charge in [-0.1, -0.05) is 12.1 Å². The quantitative estimate of drug-likeness (QED) is 0.487. The van der Waals surface area contributed by atoms with Crippen LogP contribution in [0.25, 0.3) is 5.69 Å². The Balaban J connectivity index is 1.68. The van der Waals surface area contributed by atoms with Crippen LogP contribution in [0.15, 0.2) is 48.5 Å². The first-order valence-corrected chi connectivity index (χ1v) is 11.1. The van der Waals surface area contributed by atoms with Crippen LogP contribution in [0.5, 0.6) is 5.75 Å². The highest BCUT2D eigenvalue weighted by Crippen LogP contribution is 2.21. The minimum absolute atomic E-state index is 0.138. The van der Waals surface area contributed by atoms with Crippen molar-refractivity contribution in [3.63, 3.8) is 0 Å². The molecular weight excluding hydrogens is 418 g/mol. The maximum Gasteiger partial charge on any atom is 0.305 e. The molecule has 0 radical (unpaired) electrons. The average molecular weight is 450 g/mol. The number of rotatable bonds is 9. The summed E-state index contributed by atoms with van der Waals surface area (Å²) in [6.07, 6.45) is 0.893. The number of carbonyl (C=O) groups excluding carboxylic acids is 2. The van der Waals surface area contributed by atoms with Crippen LogP contribution in [0.3, 0.4) is 0 Å². The van der Waals surface area contributed by atoms with Gasteiger partial charge in [-0.2, -0.15) is 5.10 Å². The molecule has 7 nitrogen and oxygen atoms in total. The summed E-state index contributed by atoms with van der Waals surface area (Å²) in [5.41, 5.74) is 5.32. The van der Waals surface area contributed by atoms with E-state index in [1.807, 2.05) is 68.8 Å². The molecule has 0 aliphatic heterocycles. The van der Waals surface area contributed by atoms with E-state index in [0.29, 0.717) is 25.0 Å². The van der Waals surface area contributed by atoms with Crippen molar-refractivity contribution in [2.75, 3.05) is 13.7 Å². The summed E-state index contributed by atoms with van der Waals surface area (Å²) in [6, 6.07) is 14.9. The lowest BCUT2D eigenvalue weighted by Crippen LogP contribution is -2.26. The van der Waals surface area contributed by atoms with Gasteiger partial charge >= 0.3 is 5.97 Å². The Morgan fingerprint density at radius 3 is 2.33 bits per heavy atom. The number of nitrogens with zero attached hydrogens (tertiary/aromatic N) is 2. The van der Waals surface area contributed by atoms with E-state index in [4.69, 9.17) is 9.47 Å². The average Bonchev–Trinajstić information content (AvgIpc) is 3.11. The lowest BCUT2D eigenvalue weighted by molar-refractivity contribution is -0.140. The van der Waals surface area contributed by atoms with E-state index in [-0.39, 0.29) is 17.9 Å². The van der Waals surface area contributed by atoms with Crippen LogP contribution in [-0.4, -0.2) is 35.4 Å². The second-order valence-electron chi connectivity index (χ2n) is 7.88. The van der Waals surface area contributed by atoms with Crippen molar-refractivity contribution in [3.05, 3.63) is 76.6 Å². The van der Waals surface area contributed by atoms with E-state index in [1.165, 1.54) is 7.11 Å². The Morgan fingerprint density at radius 2 is 1.73 bits per heavy atom. The standard InChI is InChI=1S/C26H31N3O4/c1-6-33-23-13-9-20(10-14-23)17(2)27-26(31)21-7-11-22(12-8-21)29-19(4)24(18(3)28-29)15-16-25(30)32-5/h7-14,17H,6,15-16H2,1-5H3,(H,27,31). The van der Waals surface area contributed by atoms with Crippen molar-refractivity contribution in [2.24, 2.45) is 0 Å². The van der Waals surface area contributed by atoms with E-state index in [2.05, 4.69) is 10.4 Å². The van der Waals surface area contributed by atoms with Crippen molar-refractivity contribution < 1.29 is 19.1 Å². The summed E-state index contributed by atoms with van der Waals surface area (Å²) in [5, 5.41) is 7.66. The minimum Gasteiger partial charge on any atom is -0.494 e. The number of amides is 1. The van der Waals surface area contributed by atoms with Crippen LogP contribution in [0, 0.1) is 13.8 Å². The van der Waals surface area contributed by atoms with E-state index in [0.717, 1.165) is 34.0 Å². The molecule has 0 fully saturated rings. The molecule has 7 heteroatoms. The summed E-state index contributed by atoms with van der Waals surface area (Å²) in [6.45, 7) is 8.43. The van der Waals surface area contributed by atoms with Gasteiger partial charge in [0, 0.05) is 17.7 Å². The maximum atomic E-state index is 12.7. The zero-order valence-electron chi connectivity index (χ0n) is 19.8. The van der Waals surface area contributed by atoms with Gasteiger partial charge in [-0.15, -0.1) is 0 Å². The van der Waals surface area contributed by atoms with Crippen LogP contribution in [0.1, 0.15) is 59.2 Å². The van der Waals surface area contributed by atoms with Crippen LogP contribution < -0.4 is 10.1 Å².